The molecule has 3 aromatic rings. The summed E-state index contributed by atoms with van der Waals surface area (Å²) < 4.78 is 0. The normalized spacial score (nSPS) is 14.9. The molecule has 1 aliphatic rings. The monoisotopic (exact) mass is 433 g/mol. The summed E-state index contributed by atoms with van der Waals surface area (Å²) in [6.07, 6.45) is 0. The molecule has 7 heteroatoms. The van der Waals surface area contributed by atoms with E-state index >= 15 is 0 Å². The maximum absolute atomic E-state index is 13.5. The van der Waals surface area contributed by atoms with Crippen molar-refractivity contribution in [1.29, 1.82) is 0 Å². The van der Waals surface area contributed by atoms with E-state index in [1.165, 1.54) is 0 Å². The summed E-state index contributed by atoms with van der Waals surface area (Å²) in [5.41, 5.74) is 0.691. The molecule has 0 radical (unpaired) electrons. The van der Waals surface area contributed by atoms with Gasteiger partial charge < -0.3 is 10.6 Å². The van der Waals surface area contributed by atoms with Crippen molar-refractivity contribution in [2.45, 2.75) is 12.1 Å². The van der Waals surface area contributed by atoms with E-state index in [0.29, 0.717) is 16.1 Å². The summed E-state index contributed by atoms with van der Waals surface area (Å²) in [6, 6.07) is 24.5. The van der Waals surface area contributed by atoms with Gasteiger partial charge >= 0.3 is 6.03 Å². The third-order valence-electron chi connectivity index (χ3n) is 5.20. The van der Waals surface area contributed by atoms with Crippen LogP contribution in [0.1, 0.15) is 16.7 Å². The van der Waals surface area contributed by atoms with Crippen LogP contribution in [-0.4, -0.2) is 29.3 Å². The number of imide groups is 1. The molecule has 156 valence electrons. The zero-order chi connectivity index (χ0) is 21.8. The lowest BCUT2D eigenvalue weighted by Crippen LogP contribution is -2.46. The van der Waals surface area contributed by atoms with Gasteiger partial charge in [0.05, 0.1) is 0 Å². The van der Waals surface area contributed by atoms with Gasteiger partial charge in [0.25, 0.3) is 5.91 Å². The summed E-state index contributed by atoms with van der Waals surface area (Å²) in [6.45, 7) is -0.141. The highest BCUT2D eigenvalue weighted by atomic mass is 35.5. The number of hydrogen-bond acceptors (Lipinski definition) is 3. The van der Waals surface area contributed by atoms with E-state index < -0.39 is 23.4 Å². The molecule has 3 aromatic carbocycles. The van der Waals surface area contributed by atoms with E-state index in [-0.39, 0.29) is 13.1 Å². The van der Waals surface area contributed by atoms with Gasteiger partial charge in [0.15, 0.2) is 5.54 Å². The second-order valence-electron chi connectivity index (χ2n) is 7.21. The molecular formula is C24H20ClN3O3. The van der Waals surface area contributed by atoms with Crippen LogP contribution < -0.4 is 10.6 Å². The van der Waals surface area contributed by atoms with E-state index in [2.05, 4.69) is 10.6 Å². The molecule has 1 saturated heterocycles. The quantitative estimate of drug-likeness (QED) is 0.584. The van der Waals surface area contributed by atoms with Gasteiger partial charge in [-0.2, -0.15) is 0 Å². The van der Waals surface area contributed by atoms with Crippen LogP contribution >= 0.6 is 11.6 Å². The van der Waals surface area contributed by atoms with Crippen molar-refractivity contribution < 1.29 is 14.4 Å². The molecule has 0 saturated carbocycles. The number of hydrogen-bond donors (Lipinski definition) is 2. The van der Waals surface area contributed by atoms with Crippen LogP contribution in [0.4, 0.5) is 4.79 Å². The van der Waals surface area contributed by atoms with Gasteiger partial charge in [0.1, 0.15) is 6.54 Å². The Bertz CT molecular complexity index is 1080. The predicted molar refractivity (Wildman–Crippen MR) is 117 cm³/mol. The van der Waals surface area contributed by atoms with E-state index in [4.69, 9.17) is 11.6 Å². The average Bonchev–Trinajstić information content (AvgIpc) is 3.04. The molecule has 6 nitrogen and oxygen atoms in total. The smallest absolute Gasteiger partial charge is 0.326 e. The summed E-state index contributed by atoms with van der Waals surface area (Å²) in [4.78, 5) is 39.8. The second-order valence-corrected chi connectivity index (χ2v) is 7.65. The van der Waals surface area contributed by atoms with Crippen molar-refractivity contribution in [3.05, 3.63) is 107 Å². The van der Waals surface area contributed by atoms with E-state index in [1.807, 2.05) is 18.2 Å². The first-order valence-corrected chi connectivity index (χ1v) is 10.1. The van der Waals surface area contributed by atoms with Crippen molar-refractivity contribution in [1.82, 2.24) is 15.5 Å². The van der Waals surface area contributed by atoms with Crippen molar-refractivity contribution in [3.63, 3.8) is 0 Å². The van der Waals surface area contributed by atoms with Gasteiger partial charge in [0, 0.05) is 11.6 Å². The topological polar surface area (TPSA) is 78.5 Å². The number of nitrogens with zero attached hydrogens (tertiary/aromatic N) is 1. The Balaban J connectivity index is 1.57. The van der Waals surface area contributed by atoms with Crippen LogP contribution in [0.25, 0.3) is 0 Å². The fourth-order valence-electron chi connectivity index (χ4n) is 3.70. The molecule has 1 aliphatic heterocycles. The third-order valence-corrected chi connectivity index (χ3v) is 5.43. The minimum Gasteiger partial charge on any atom is -0.350 e. The van der Waals surface area contributed by atoms with E-state index in [1.54, 1.807) is 66.7 Å². The number of carbonyl (C=O) groups excluding carboxylic acids is 3. The minimum atomic E-state index is -1.38. The standard InChI is InChI=1S/C24H20ClN3O3/c25-20-13-7-8-17(14-20)15-26-21(29)16-28-22(30)24(27-23(28)31,18-9-3-1-4-10-18)19-11-5-2-6-12-19/h1-14H,15-16H2,(H,26,29)(H,27,31). The average molecular weight is 434 g/mol. The number of halogens is 1. The Kier molecular flexibility index (Phi) is 5.73. The molecule has 0 spiro atoms. The molecule has 0 aliphatic carbocycles. The highest BCUT2D eigenvalue weighted by Crippen LogP contribution is 2.35. The highest BCUT2D eigenvalue weighted by molar-refractivity contribution is 6.30. The predicted octanol–water partition coefficient (Wildman–Crippen LogP) is 3.45. The Morgan fingerprint density at radius 3 is 2.10 bits per heavy atom. The fraction of sp³-hybridized carbons (Fsp3) is 0.125. The van der Waals surface area contributed by atoms with Crippen LogP contribution in [0, 0.1) is 0 Å². The van der Waals surface area contributed by atoms with Gasteiger partial charge in [-0.15, -0.1) is 0 Å². The van der Waals surface area contributed by atoms with Gasteiger partial charge in [-0.3, -0.25) is 14.5 Å². The minimum absolute atomic E-state index is 0.242. The molecule has 0 atom stereocenters. The lowest BCUT2D eigenvalue weighted by atomic mass is 9.82. The number of carbonyl (C=O) groups is 3. The number of amides is 4. The molecule has 1 fully saturated rings. The Morgan fingerprint density at radius 1 is 0.903 bits per heavy atom. The lowest BCUT2D eigenvalue weighted by Gasteiger charge is -2.28. The second kappa shape index (κ2) is 8.62. The lowest BCUT2D eigenvalue weighted by molar-refractivity contribution is -0.134. The molecular weight excluding hydrogens is 414 g/mol. The fourth-order valence-corrected chi connectivity index (χ4v) is 3.91. The van der Waals surface area contributed by atoms with Crippen molar-refractivity contribution in [2.24, 2.45) is 0 Å². The van der Waals surface area contributed by atoms with Crippen LogP contribution in [0.2, 0.25) is 5.02 Å². The number of nitrogens with one attached hydrogen (secondary N) is 2. The highest BCUT2D eigenvalue weighted by Gasteiger charge is 2.53. The molecule has 4 amide bonds. The van der Waals surface area contributed by atoms with Gasteiger partial charge in [-0.05, 0) is 28.8 Å². The number of urea groups is 1. The molecule has 2 N–H and O–H groups in total. The van der Waals surface area contributed by atoms with Gasteiger partial charge in [0.2, 0.25) is 5.91 Å². The number of rotatable bonds is 6. The Hall–Kier alpha value is -3.64. The van der Waals surface area contributed by atoms with Crippen molar-refractivity contribution in [3.8, 4) is 0 Å². The van der Waals surface area contributed by atoms with Crippen LogP contribution in [0.3, 0.4) is 0 Å². The Morgan fingerprint density at radius 2 is 1.52 bits per heavy atom. The first-order valence-electron chi connectivity index (χ1n) is 9.77. The SMILES string of the molecule is O=C(CN1C(=O)NC(c2ccccc2)(c2ccccc2)C1=O)NCc1cccc(Cl)c1. The third kappa shape index (κ3) is 4.02. The maximum atomic E-state index is 13.5. The van der Waals surface area contributed by atoms with Crippen LogP contribution in [-0.2, 0) is 21.7 Å². The van der Waals surface area contributed by atoms with Gasteiger partial charge in [-0.25, -0.2) is 4.79 Å². The molecule has 31 heavy (non-hydrogen) atoms. The molecule has 0 unspecified atom stereocenters. The maximum Gasteiger partial charge on any atom is 0.326 e. The van der Waals surface area contributed by atoms with Crippen LogP contribution in [0.5, 0.6) is 0 Å². The first-order chi connectivity index (χ1) is 15.0. The summed E-state index contributed by atoms with van der Waals surface area (Å²) >= 11 is 5.97. The number of benzene rings is 3. The van der Waals surface area contributed by atoms with Crippen molar-refractivity contribution in [2.75, 3.05) is 6.54 Å². The van der Waals surface area contributed by atoms with Crippen LogP contribution in [0.15, 0.2) is 84.9 Å². The van der Waals surface area contributed by atoms with E-state index in [9.17, 15) is 14.4 Å². The van der Waals surface area contributed by atoms with Gasteiger partial charge in [-0.1, -0.05) is 84.4 Å². The largest absolute Gasteiger partial charge is 0.350 e. The molecule has 4 rings (SSSR count). The first kappa shape index (κ1) is 20.6. The molecule has 1 heterocycles. The molecule has 0 bridgehead atoms. The summed E-state index contributed by atoms with van der Waals surface area (Å²) in [5, 5.41) is 6.12. The summed E-state index contributed by atoms with van der Waals surface area (Å²) in [7, 11) is 0. The zero-order valence-corrected chi connectivity index (χ0v) is 17.3. The zero-order valence-electron chi connectivity index (χ0n) is 16.5. The van der Waals surface area contributed by atoms with Crippen molar-refractivity contribution >= 4 is 29.4 Å². The van der Waals surface area contributed by atoms with E-state index in [0.717, 1.165) is 10.5 Å². The molecule has 0 aromatic heterocycles. The Labute approximate surface area is 184 Å². The summed E-state index contributed by atoms with van der Waals surface area (Å²) in [5.74, 6) is -0.937.